The molecule has 19 nitrogen and oxygen atoms in total. The van der Waals surface area contributed by atoms with Gasteiger partial charge in [0.1, 0.15) is 29.9 Å². The van der Waals surface area contributed by atoms with E-state index in [0.29, 0.717) is 28.2 Å². The minimum Gasteiger partial charge on any atom is -0.404 e. The van der Waals surface area contributed by atoms with Gasteiger partial charge in [-0.2, -0.15) is 8.62 Å². The third-order valence-electron chi connectivity index (χ3n) is 7.60. The van der Waals surface area contributed by atoms with E-state index < -0.39 is 59.7 Å². The molecule has 6 atom stereocenters. The Hall–Kier alpha value is -2.86. The summed E-state index contributed by atoms with van der Waals surface area (Å²) >= 11 is 12.3. The lowest BCUT2D eigenvalue weighted by atomic mass is 9.71. The highest BCUT2D eigenvalue weighted by Crippen LogP contribution is 2.67. The predicted octanol–water partition coefficient (Wildman–Crippen LogP) is 4.05. The van der Waals surface area contributed by atoms with Gasteiger partial charge in [0, 0.05) is 17.4 Å². The maximum atomic E-state index is 12.7. The first-order valence-electron chi connectivity index (χ1n) is 13.8. The van der Waals surface area contributed by atoms with E-state index in [4.69, 9.17) is 42.7 Å². The fraction of sp³-hybridized carbons (Fsp3) is 0.320. The van der Waals surface area contributed by atoms with Gasteiger partial charge < -0.3 is 29.9 Å². The maximum Gasteiger partial charge on any atom is 0.536 e. The van der Waals surface area contributed by atoms with Crippen LogP contribution >= 0.6 is 46.7 Å². The van der Waals surface area contributed by atoms with Crippen LogP contribution in [0.2, 0.25) is 0 Å². The normalized spacial score (nSPS) is 25.5. The summed E-state index contributed by atoms with van der Waals surface area (Å²) in [5.41, 5.74) is 6.79. The summed E-state index contributed by atoms with van der Waals surface area (Å²) in [7, 11) is -16.9. The Morgan fingerprint density at radius 1 is 1.08 bits per heavy atom. The largest absolute Gasteiger partial charge is 0.536 e. The third-order valence-corrected chi connectivity index (χ3v) is 12.5. The van der Waals surface area contributed by atoms with Gasteiger partial charge in [0.05, 0.1) is 40.5 Å². The van der Waals surface area contributed by atoms with E-state index >= 15 is 0 Å². The minimum absolute atomic E-state index is 0.0336. The number of halogens is 2. The van der Waals surface area contributed by atoms with E-state index in [1.54, 1.807) is 13.8 Å². The number of allylic oxidation sites excluding steroid dienone is 4. The fourth-order valence-electron chi connectivity index (χ4n) is 5.44. The zero-order valence-corrected chi connectivity index (χ0v) is 29.2. The topological polar surface area (TPSA) is 277 Å². The molecule has 0 spiro atoms. The van der Waals surface area contributed by atoms with Crippen LogP contribution in [-0.4, -0.2) is 69.6 Å². The SMILES string of the molecule is CC1(C)C2=C(Cl)C(=O)C(Cl)=CC2=Nc2ccc(OP(=O)(O)OP(=O)(O)OP(=O)(O)OC[C@H]3O[C@@H](n4cnc5c(N)ncnc54)CC3O)cc21. The number of hydrogen-bond donors (Lipinski definition) is 5. The Morgan fingerprint density at radius 2 is 1.80 bits per heavy atom. The summed E-state index contributed by atoms with van der Waals surface area (Å²) in [5.74, 6) is -0.854. The average Bonchev–Trinajstić information content (AvgIpc) is 3.57. The van der Waals surface area contributed by atoms with Crippen LogP contribution in [0.3, 0.4) is 0 Å². The molecule has 2 aromatic heterocycles. The highest BCUT2D eigenvalue weighted by molar-refractivity contribution is 7.67. The second-order valence-corrected chi connectivity index (χ2v) is 16.6. The van der Waals surface area contributed by atoms with Crippen molar-refractivity contribution in [3.8, 4) is 5.75 Å². The van der Waals surface area contributed by atoms with Gasteiger partial charge in [0.25, 0.3) is 0 Å². The van der Waals surface area contributed by atoms with Gasteiger partial charge in [-0.05, 0) is 29.8 Å². The number of hydrogen-bond acceptors (Lipinski definition) is 15. The number of phosphoric acid groups is 3. The highest BCUT2D eigenvalue weighted by Gasteiger charge is 2.45. The number of anilines is 1. The second kappa shape index (κ2) is 12.7. The molecule has 6 rings (SSSR count). The van der Waals surface area contributed by atoms with Crippen LogP contribution in [0.1, 0.15) is 32.1 Å². The molecule has 262 valence electrons. The van der Waals surface area contributed by atoms with E-state index in [2.05, 4.69) is 28.6 Å². The lowest BCUT2D eigenvalue weighted by Crippen LogP contribution is -2.32. The fourth-order valence-corrected chi connectivity index (χ4v) is 9.63. The first-order valence-corrected chi connectivity index (χ1v) is 19.1. The van der Waals surface area contributed by atoms with Crippen molar-refractivity contribution in [2.75, 3.05) is 12.3 Å². The van der Waals surface area contributed by atoms with Crippen molar-refractivity contribution in [3.05, 3.63) is 58.1 Å². The molecule has 2 aliphatic heterocycles. The van der Waals surface area contributed by atoms with Gasteiger partial charge in [-0.3, -0.25) is 18.8 Å². The molecule has 1 fully saturated rings. The molecule has 1 saturated heterocycles. The smallest absolute Gasteiger partial charge is 0.404 e. The zero-order valence-electron chi connectivity index (χ0n) is 25.0. The number of ketones is 1. The quantitative estimate of drug-likeness (QED) is 0.143. The minimum atomic E-state index is -5.84. The molecule has 6 N–H and O–H groups in total. The third kappa shape index (κ3) is 7.18. The van der Waals surface area contributed by atoms with Gasteiger partial charge in [0.15, 0.2) is 11.5 Å². The number of phosphoric ester groups is 2. The zero-order chi connectivity index (χ0) is 35.7. The monoisotopic (exact) mass is 780 g/mol. The number of carbonyl (C=O) groups is 1. The van der Waals surface area contributed by atoms with Crippen LogP contribution in [0.15, 0.2) is 57.6 Å². The van der Waals surface area contributed by atoms with Crippen molar-refractivity contribution in [3.63, 3.8) is 0 Å². The van der Waals surface area contributed by atoms with Crippen LogP contribution < -0.4 is 10.3 Å². The summed E-state index contributed by atoms with van der Waals surface area (Å²) < 4.78 is 63.0. The number of imidazole rings is 1. The van der Waals surface area contributed by atoms with Crippen molar-refractivity contribution in [2.45, 2.75) is 44.1 Å². The molecule has 3 aromatic rings. The first kappa shape index (κ1) is 35.9. The number of carbonyl (C=O) groups excluding carboxylic acids is 1. The van der Waals surface area contributed by atoms with Crippen molar-refractivity contribution in [1.29, 1.82) is 0 Å². The summed E-state index contributed by atoms with van der Waals surface area (Å²) in [6, 6.07) is 3.86. The number of nitrogens with zero attached hydrogens (tertiary/aromatic N) is 5. The summed E-state index contributed by atoms with van der Waals surface area (Å²) in [6.45, 7) is 2.57. The number of rotatable bonds is 10. The van der Waals surface area contributed by atoms with Crippen molar-refractivity contribution < 1.29 is 60.7 Å². The Bertz CT molecular complexity index is 2140. The molecule has 24 heteroatoms. The van der Waals surface area contributed by atoms with E-state index in [1.165, 1.54) is 41.5 Å². The van der Waals surface area contributed by atoms with E-state index in [0.717, 1.165) is 0 Å². The van der Waals surface area contributed by atoms with Crippen LogP contribution in [0.4, 0.5) is 11.5 Å². The average molecular weight is 781 g/mol. The number of aliphatic hydroxyl groups excluding tert-OH is 1. The molecule has 0 amide bonds. The maximum absolute atomic E-state index is 12.7. The van der Waals surface area contributed by atoms with Crippen LogP contribution in [0.25, 0.3) is 11.2 Å². The number of nitrogen functional groups attached to an aromatic ring is 1. The van der Waals surface area contributed by atoms with E-state index in [9.17, 15) is 38.3 Å². The van der Waals surface area contributed by atoms with Gasteiger partial charge in [-0.1, -0.05) is 37.0 Å². The van der Waals surface area contributed by atoms with Crippen molar-refractivity contribution >= 4 is 80.8 Å². The van der Waals surface area contributed by atoms with Gasteiger partial charge in [-0.25, -0.2) is 33.6 Å². The standard InChI is InChI=1S/C25H25Cl2N6O13P3/c1-25(2)12-5-11(3-4-14(12)32-15-6-13(26)22(35)20(27)19(15)25)44-48(38,39)46-49(40,41)45-47(36,37)42-8-17-16(34)7-18(43-17)33-10-31-21-23(28)29-9-30-24(21)33/h3-6,9-10,16-18,34H,7-8H2,1-2H3,(H,36,37)(H,38,39)(H,40,41)(H2,28,29,30)/t16?,17-,18-/m1/s1. The summed E-state index contributed by atoms with van der Waals surface area (Å²) in [6.07, 6.45) is 0.541. The molecule has 4 heterocycles. The Balaban J connectivity index is 1.10. The second-order valence-electron chi connectivity index (χ2n) is 11.3. The molecule has 49 heavy (non-hydrogen) atoms. The number of nitrogens with two attached hydrogens (primary N) is 1. The number of benzene rings is 1. The van der Waals surface area contributed by atoms with Gasteiger partial charge in [-0.15, -0.1) is 0 Å². The number of aliphatic imine (C=N–C) groups is 1. The van der Waals surface area contributed by atoms with Crippen molar-refractivity contribution in [1.82, 2.24) is 19.5 Å². The molecule has 4 unspecified atom stereocenters. The Labute approximate surface area is 285 Å². The lowest BCUT2D eigenvalue weighted by Gasteiger charge is -2.36. The number of aromatic nitrogens is 4. The molecule has 3 aliphatic rings. The highest BCUT2D eigenvalue weighted by atomic mass is 35.5. The van der Waals surface area contributed by atoms with Gasteiger partial charge in [0.2, 0.25) is 5.78 Å². The summed E-state index contributed by atoms with van der Waals surface area (Å²) in [5, 5.41) is 10.1. The molecule has 0 saturated carbocycles. The first-order chi connectivity index (χ1) is 22.8. The number of aliphatic hydroxyl groups is 1. The molecule has 1 aromatic carbocycles. The van der Waals surface area contributed by atoms with Gasteiger partial charge >= 0.3 is 23.5 Å². The lowest BCUT2D eigenvalue weighted by molar-refractivity contribution is -0.111. The molecule has 1 aliphatic carbocycles. The number of ether oxygens (including phenoxy) is 1. The molecule has 0 radical (unpaired) electrons. The van der Waals surface area contributed by atoms with E-state index in [-0.39, 0.29) is 33.6 Å². The predicted molar refractivity (Wildman–Crippen MR) is 171 cm³/mol. The molecule has 0 bridgehead atoms. The number of Topliss-reactive ketones (excluding diaryl/α,β-unsaturated/α-hetero) is 1. The Morgan fingerprint density at radius 3 is 2.53 bits per heavy atom. The Kier molecular flexibility index (Phi) is 9.33. The van der Waals surface area contributed by atoms with Crippen LogP contribution in [0, 0.1) is 0 Å². The summed E-state index contributed by atoms with van der Waals surface area (Å²) in [4.78, 5) is 59.3. The molecular formula is C25H25Cl2N6O13P3. The van der Waals surface area contributed by atoms with Crippen LogP contribution in [-0.2, 0) is 41.8 Å². The molecular weight excluding hydrogens is 756 g/mol. The number of fused-ring (bicyclic) bond motifs is 3. The van der Waals surface area contributed by atoms with Crippen LogP contribution in [0.5, 0.6) is 5.75 Å². The van der Waals surface area contributed by atoms with E-state index in [1.807, 2.05) is 0 Å². The van der Waals surface area contributed by atoms with Crippen molar-refractivity contribution in [2.24, 2.45) is 4.99 Å².